The van der Waals surface area contributed by atoms with Crippen molar-refractivity contribution in [3.8, 4) is 17.4 Å². The zero-order valence-electron chi connectivity index (χ0n) is 17.1. The Kier molecular flexibility index (Phi) is 5.27. The summed E-state index contributed by atoms with van der Waals surface area (Å²) < 4.78 is 8.81. The van der Waals surface area contributed by atoms with Gasteiger partial charge in [-0.3, -0.25) is 14.2 Å². The van der Waals surface area contributed by atoms with Gasteiger partial charge >= 0.3 is 0 Å². The van der Waals surface area contributed by atoms with E-state index in [4.69, 9.17) is 4.74 Å². The number of carbonyl (C=O) groups excluding carboxylic acids is 1. The lowest BCUT2D eigenvalue weighted by atomic mass is 10.3. The molecule has 31 heavy (non-hydrogen) atoms. The van der Waals surface area contributed by atoms with Crippen LogP contribution in [0.4, 0.5) is 5.69 Å². The molecule has 0 fully saturated rings. The summed E-state index contributed by atoms with van der Waals surface area (Å²) in [4.78, 5) is 36.7. The minimum atomic E-state index is -0.420. The highest BCUT2D eigenvalue weighted by Gasteiger charge is 2.11. The van der Waals surface area contributed by atoms with Gasteiger partial charge in [0, 0.05) is 37.3 Å². The number of hydrogen-bond acceptors (Lipinski definition) is 7. The lowest BCUT2D eigenvalue weighted by Gasteiger charge is -2.10. The van der Waals surface area contributed by atoms with Gasteiger partial charge in [-0.15, -0.1) is 0 Å². The number of anilines is 1. The van der Waals surface area contributed by atoms with Gasteiger partial charge in [0.05, 0.1) is 0 Å². The second-order valence-corrected chi connectivity index (χ2v) is 6.72. The number of nitrogens with one attached hydrogen (secondary N) is 1. The highest BCUT2D eigenvalue weighted by molar-refractivity contribution is 6.02. The Morgan fingerprint density at radius 2 is 1.84 bits per heavy atom. The molecule has 0 spiro atoms. The first-order chi connectivity index (χ1) is 14.9. The molecular formula is C21H19N7O3. The number of benzene rings is 1. The molecule has 0 unspecified atom stereocenters. The van der Waals surface area contributed by atoms with Crippen LogP contribution >= 0.6 is 0 Å². The van der Waals surface area contributed by atoms with E-state index in [9.17, 15) is 9.59 Å². The summed E-state index contributed by atoms with van der Waals surface area (Å²) in [5.74, 6) is 2.54. The summed E-state index contributed by atoms with van der Waals surface area (Å²) in [5.41, 5.74) is 0.409. The van der Waals surface area contributed by atoms with Crippen LogP contribution in [0, 0.1) is 13.8 Å². The molecule has 0 aliphatic heterocycles. The van der Waals surface area contributed by atoms with Crippen LogP contribution in [-0.2, 0) is 7.05 Å². The van der Waals surface area contributed by atoms with Crippen molar-refractivity contribution < 1.29 is 9.53 Å². The van der Waals surface area contributed by atoms with Gasteiger partial charge in [-0.1, -0.05) is 0 Å². The Morgan fingerprint density at radius 3 is 2.52 bits per heavy atom. The molecular weight excluding hydrogens is 398 g/mol. The number of aryl methyl sites for hydroxylation is 3. The Balaban J connectivity index is 1.48. The van der Waals surface area contributed by atoms with E-state index in [1.807, 2.05) is 17.7 Å². The number of aromatic nitrogens is 6. The third kappa shape index (κ3) is 4.47. The molecule has 4 rings (SSSR count). The van der Waals surface area contributed by atoms with Crippen molar-refractivity contribution in [2.75, 3.05) is 5.32 Å². The Morgan fingerprint density at radius 1 is 1.06 bits per heavy atom. The number of amides is 1. The van der Waals surface area contributed by atoms with Crippen LogP contribution in [0.25, 0.3) is 5.82 Å². The van der Waals surface area contributed by atoms with E-state index in [0.29, 0.717) is 29.0 Å². The van der Waals surface area contributed by atoms with Crippen LogP contribution in [0.15, 0.2) is 59.7 Å². The van der Waals surface area contributed by atoms with Crippen LogP contribution in [0.2, 0.25) is 0 Å². The lowest BCUT2D eigenvalue weighted by molar-refractivity contribution is 0.102. The first-order valence-electron chi connectivity index (χ1n) is 9.39. The minimum absolute atomic E-state index is 0.140. The predicted molar refractivity (Wildman–Crippen MR) is 113 cm³/mol. The third-order valence-corrected chi connectivity index (χ3v) is 4.40. The van der Waals surface area contributed by atoms with Crippen molar-refractivity contribution in [2.45, 2.75) is 13.8 Å². The summed E-state index contributed by atoms with van der Waals surface area (Å²) in [7, 11) is 1.49. The van der Waals surface area contributed by atoms with Crippen LogP contribution < -0.4 is 15.6 Å². The number of carbonyl (C=O) groups is 1. The van der Waals surface area contributed by atoms with Crippen molar-refractivity contribution in [1.82, 2.24) is 29.3 Å². The van der Waals surface area contributed by atoms with E-state index in [2.05, 4.69) is 25.4 Å². The molecule has 0 radical (unpaired) electrons. The second kappa shape index (κ2) is 8.19. The highest BCUT2D eigenvalue weighted by atomic mass is 16.5. The Hall–Kier alpha value is -4.34. The van der Waals surface area contributed by atoms with E-state index in [1.54, 1.807) is 43.5 Å². The number of ether oxygens (including phenoxy) is 1. The molecule has 10 nitrogen and oxygen atoms in total. The summed E-state index contributed by atoms with van der Waals surface area (Å²) in [5, 5.41) is 6.66. The van der Waals surface area contributed by atoms with E-state index >= 15 is 0 Å². The second-order valence-electron chi connectivity index (χ2n) is 6.72. The molecule has 0 aliphatic carbocycles. The van der Waals surface area contributed by atoms with Crippen LogP contribution in [-0.4, -0.2) is 35.2 Å². The van der Waals surface area contributed by atoms with Crippen molar-refractivity contribution in [3.05, 3.63) is 82.6 Å². The fourth-order valence-corrected chi connectivity index (χ4v) is 2.87. The average molecular weight is 417 g/mol. The van der Waals surface area contributed by atoms with Gasteiger partial charge in [0.25, 0.3) is 11.5 Å². The largest absolute Gasteiger partial charge is 0.439 e. The number of imidazole rings is 1. The molecule has 0 atom stereocenters. The van der Waals surface area contributed by atoms with Crippen molar-refractivity contribution in [2.24, 2.45) is 7.05 Å². The fraction of sp³-hybridized carbons (Fsp3) is 0.143. The molecule has 0 aliphatic rings. The average Bonchev–Trinajstić information content (AvgIpc) is 3.17. The van der Waals surface area contributed by atoms with Crippen molar-refractivity contribution in [1.29, 1.82) is 0 Å². The molecule has 0 saturated heterocycles. The Labute approximate surface area is 177 Å². The molecule has 0 bridgehead atoms. The van der Waals surface area contributed by atoms with E-state index < -0.39 is 5.91 Å². The monoisotopic (exact) mass is 417 g/mol. The molecule has 10 heteroatoms. The Bertz CT molecular complexity index is 1310. The van der Waals surface area contributed by atoms with Gasteiger partial charge in [-0.05, 0) is 44.2 Å². The van der Waals surface area contributed by atoms with Crippen LogP contribution in [0.3, 0.4) is 0 Å². The van der Waals surface area contributed by atoms with Gasteiger partial charge in [-0.2, -0.15) is 10.1 Å². The predicted octanol–water partition coefficient (Wildman–Crippen LogP) is 2.42. The van der Waals surface area contributed by atoms with E-state index in [1.165, 1.54) is 19.2 Å². The number of rotatable bonds is 5. The molecule has 156 valence electrons. The zero-order valence-corrected chi connectivity index (χ0v) is 17.1. The lowest BCUT2D eigenvalue weighted by Crippen LogP contribution is -2.23. The zero-order chi connectivity index (χ0) is 22.0. The smallest absolute Gasteiger partial charge is 0.276 e. The van der Waals surface area contributed by atoms with Gasteiger partial charge in [0.1, 0.15) is 28.9 Å². The van der Waals surface area contributed by atoms with Crippen molar-refractivity contribution >= 4 is 11.6 Å². The summed E-state index contributed by atoms with van der Waals surface area (Å²) in [6, 6.07) is 11.2. The highest BCUT2D eigenvalue weighted by Crippen LogP contribution is 2.23. The molecule has 3 aromatic heterocycles. The number of hydrogen-bond donors (Lipinski definition) is 1. The normalized spacial score (nSPS) is 10.7. The maximum atomic E-state index is 12.3. The topological polar surface area (TPSA) is 117 Å². The standard InChI is InChI=1S/C21H19N7O3/c1-13-23-18(28-11-10-22-14(28)2)12-19(24-13)31-16-6-4-15(5-7-16)25-21(30)17-8-9-20(29)27(3)26-17/h4-12H,1-3H3,(H,25,30). The first kappa shape index (κ1) is 20.0. The molecule has 3 heterocycles. The third-order valence-electron chi connectivity index (χ3n) is 4.40. The van der Waals surface area contributed by atoms with Crippen molar-refractivity contribution in [3.63, 3.8) is 0 Å². The molecule has 1 aromatic carbocycles. The summed E-state index contributed by atoms with van der Waals surface area (Å²) >= 11 is 0. The van der Waals surface area contributed by atoms with Gasteiger partial charge in [-0.25, -0.2) is 14.6 Å². The van der Waals surface area contributed by atoms with Gasteiger partial charge < -0.3 is 10.1 Å². The molecule has 1 amide bonds. The van der Waals surface area contributed by atoms with E-state index in [-0.39, 0.29) is 11.3 Å². The van der Waals surface area contributed by atoms with Crippen LogP contribution in [0.1, 0.15) is 22.1 Å². The maximum Gasteiger partial charge on any atom is 0.276 e. The quantitative estimate of drug-likeness (QED) is 0.530. The van der Waals surface area contributed by atoms with Gasteiger partial charge in [0.15, 0.2) is 0 Å². The fourth-order valence-electron chi connectivity index (χ4n) is 2.87. The van der Waals surface area contributed by atoms with Gasteiger partial charge in [0.2, 0.25) is 5.88 Å². The summed E-state index contributed by atoms with van der Waals surface area (Å²) in [6.45, 7) is 3.67. The maximum absolute atomic E-state index is 12.3. The SMILES string of the molecule is Cc1nc(Oc2ccc(NC(=O)c3ccc(=O)n(C)n3)cc2)cc(-n2ccnc2C)n1. The van der Waals surface area contributed by atoms with E-state index in [0.717, 1.165) is 10.5 Å². The number of nitrogens with zero attached hydrogens (tertiary/aromatic N) is 6. The molecule has 0 saturated carbocycles. The summed E-state index contributed by atoms with van der Waals surface area (Å²) in [6.07, 6.45) is 3.52. The first-order valence-corrected chi connectivity index (χ1v) is 9.39. The molecule has 1 N–H and O–H groups in total. The molecule has 4 aromatic rings. The minimum Gasteiger partial charge on any atom is -0.439 e. The van der Waals surface area contributed by atoms with Crippen LogP contribution in [0.5, 0.6) is 11.6 Å².